The number of aromatic nitrogens is 3. The van der Waals surface area contributed by atoms with Gasteiger partial charge in [0.25, 0.3) is 5.91 Å². The van der Waals surface area contributed by atoms with Gasteiger partial charge in [0.05, 0.1) is 11.3 Å². The van der Waals surface area contributed by atoms with Gasteiger partial charge in [-0.3, -0.25) is 4.79 Å². The van der Waals surface area contributed by atoms with Crippen molar-refractivity contribution in [3.05, 3.63) is 64.8 Å². The molecule has 1 saturated carbocycles. The van der Waals surface area contributed by atoms with E-state index >= 15 is 0 Å². The van der Waals surface area contributed by atoms with Crippen LogP contribution in [0.25, 0.3) is 5.69 Å². The molecule has 1 aromatic carbocycles. The monoisotopic (exact) mass is 382 g/mol. The summed E-state index contributed by atoms with van der Waals surface area (Å²) in [6, 6.07) is 8.35. The maximum Gasteiger partial charge on any atom is 0.253 e. The van der Waals surface area contributed by atoms with Crippen molar-refractivity contribution < 1.29 is 13.7 Å². The first-order valence-electron chi connectivity index (χ1n) is 9.48. The first-order chi connectivity index (χ1) is 13.4. The molecule has 0 spiro atoms. The minimum Gasteiger partial charge on any atom is -0.340 e. The number of carbonyl (C=O) groups excluding carboxylic acids is 1. The quantitative estimate of drug-likeness (QED) is 0.737. The fourth-order valence-corrected chi connectivity index (χ4v) is 4.16. The van der Waals surface area contributed by atoms with Gasteiger partial charge in [-0.1, -0.05) is 30.1 Å². The highest BCUT2D eigenvalue weighted by Gasteiger charge is 2.41. The second kappa shape index (κ2) is 6.89. The second-order valence-electron chi connectivity index (χ2n) is 7.45. The molecule has 0 aliphatic heterocycles. The topological polar surface area (TPSA) is 73.0 Å². The largest absolute Gasteiger partial charge is 0.340 e. The molecule has 1 aliphatic rings. The molecule has 4 rings (SSSR count). The molecule has 0 unspecified atom stereocenters. The van der Waals surface area contributed by atoms with E-state index < -0.39 is 5.54 Å². The van der Waals surface area contributed by atoms with Crippen LogP contribution in [0.3, 0.4) is 0 Å². The first-order valence-corrected chi connectivity index (χ1v) is 9.48. The van der Waals surface area contributed by atoms with Crippen molar-refractivity contribution in [2.45, 2.75) is 52.0 Å². The molecule has 2 aromatic heterocycles. The van der Waals surface area contributed by atoms with Gasteiger partial charge in [-0.15, -0.1) is 0 Å². The van der Waals surface area contributed by atoms with Crippen LogP contribution in [0.5, 0.6) is 0 Å². The first kappa shape index (κ1) is 18.4. The van der Waals surface area contributed by atoms with Crippen molar-refractivity contribution in [2.24, 2.45) is 0 Å². The van der Waals surface area contributed by atoms with Gasteiger partial charge in [0.2, 0.25) is 5.89 Å². The second-order valence-corrected chi connectivity index (χ2v) is 7.45. The molecule has 0 atom stereocenters. The third-order valence-corrected chi connectivity index (χ3v) is 5.53. The summed E-state index contributed by atoms with van der Waals surface area (Å²) in [5, 5.41) is 7.22. The molecule has 6 nitrogen and oxygen atoms in total. The van der Waals surface area contributed by atoms with E-state index in [9.17, 15) is 9.18 Å². The van der Waals surface area contributed by atoms with Crippen LogP contribution in [-0.2, 0) is 5.54 Å². The van der Waals surface area contributed by atoms with Gasteiger partial charge >= 0.3 is 0 Å². The third-order valence-electron chi connectivity index (χ3n) is 5.53. The van der Waals surface area contributed by atoms with Gasteiger partial charge in [-0.2, -0.15) is 4.98 Å². The molecule has 2 heterocycles. The Kier molecular flexibility index (Phi) is 4.53. The molecule has 0 bridgehead atoms. The lowest BCUT2D eigenvalue weighted by Gasteiger charge is -2.26. The molecule has 28 heavy (non-hydrogen) atoms. The van der Waals surface area contributed by atoms with E-state index in [-0.39, 0.29) is 11.7 Å². The van der Waals surface area contributed by atoms with E-state index in [2.05, 4.69) is 15.5 Å². The van der Waals surface area contributed by atoms with Crippen LogP contribution in [0.4, 0.5) is 4.39 Å². The van der Waals surface area contributed by atoms with Crippen LogP contribution >= 0.6 is 0 Å². The Labute approximate surface area is 162 Å². The molecular weight excluding hydrogens is 359 g/mol. The summed E-state index contributed by atoms with van der Waals surface area (Å²) < 4.78 is 21.2. The minimum absolute atomic E-state index is 0.208. The average Bonchev–Trinajstić information content (AvgIpc) is 3.37. The van der Waals surface area contributed by atoms with E-state index in [4.69, 9.17) is 4.52 Å². The Balaban J connectivity index is 1.69. The lowest BCUT2D eigenvalue weighted by atomic mass is 9.96. The van der Waals surface area contributed by atoms with Crippen LogP contribution in [0.1, 0.15) is 59.1 Å². The number of halogens is 1. The smallest absolute Gasteiger partial charge is 0.253 e. The number of hydrogen-bond donors (Lipinski definition) is 1. The Morgan fingerprint density at radius 2 is 1.93 bits per heavy atom. The molecule has 1 amide bonds. The summed E-state index contributed by atoms with van der Waals surface area (Å²) in [4.78, 5) is 17.6. The number of para-hydroxylation sites is 1. The number of nitrogens with zero attached hydrogens (tertiary/aromatic N) is 3. The molecule has 1 aliphatic carbocycles. The number of aryl methyl sites for hydroxylation is 2. The van der Waals surface area contributed by atoms with Crippen LogP contribution in [0, 0.1) is 26.6 Å². The number of amides is 1. The predicted octanol–water partition coefficient (Wildman–Crippen LogP) is 4.12. The maximum atomic E-state index is 14.3. The van der Waals surface area contributed by atoms with E-state index in [0.717, 1.165) is 31.4 Å². The van der Waals surface area contributed by atoms with Crippen molar-refractivity contribution in [2.75, 3.05) is 0 Å². The molecule has 1 fully saturated rings. The van der Waals surface area contributed by atoms with Crippen molar-refractivity contribution >= 4 is 5.91 Å². The van der Waals surface area contributed by atoms with Crippen LogP contribution < -0.4 is 5.32 Å². The van der Waals surface area contributed by atoms with Gasteiger partial charge in [0.1, 0.15) is 11.4 Å². The van der Waals surface area contributed by atoms with Gasteiger partial charge in [-0.25, -0.2) is 4.39 Å². The summed E-state index contributed by atoms with van der Waals surface area (Å²) in [6.45, 7) is 5.43. The predicted molar refractivity (Wildman–Crippen MR) is 102 cm³/mol. The van der Waals surface area contributed by atoms with Gasteiger partial charge in [0, 0.05) is 18.3 Å². The zero-order chi connectivity index (χ0) is 19.9. The van der Waals surface area contributed by atoms with Crippen molar-refractivity contribution in [3.63, 3.8) is 0 Å². The minimum atomic E-state index is -0.616. The van der Waals surface area contributed by atoms with Gasteiger partial charge < -0.3 is 14.4 Å². The summed E-state index contributed by atoms with van der Waals surface area (Å²) in [7, 11) is 0. The highest BCUT2D eigenvalue weighted by atomic mass is 19.1. The number of carbonyl (C=O) groups is 1. The Bertz CT molecular complexity index is 1030. The highest BCUT2D eigenvalue weighted by molar-refractivity contribution is 5.96. The maximum absolute atomic E-state index is 14.3. The molecule has 1 N–H and O–H groups in total. The Hall–Kier alpha value is -2.96. The number of rotatable bonds is 4. The molecule has 146 valence electrons. The fraction of sp³-hybridized carbons (Fsp3) is 0.381. The van der Waals surface area contributed by atoms with E-state index in [1.165, 1.54) is 6.07 Å². The standard InChI is InChI=1S/C21H23FN4O2/c1-13-12-16(14(2)26(13)18-9-5-4-8-17(18)22)19(27)24-21(10-6-7-11-21)20-23-15(3)28-25-20/h4-5,8-9,12H,6-7,10-11H2,1-3H3,(H,24,27). The van der Waals surface area contributed by atoms with Crippen molar-refractivity contribution in [1.29, 1.82) is 0 Å². The summed E-state index contributed by atoms with van der Waals surface area (Å²) in [5.74, 6) is 0.470. The zero-order valence-corrected chi connectivity index (χ0v) is 16.3. The lowest BCUT2D eigenvalue weighted by molar-refractivity contribution is 0.0891. The van der Waals surface area contributed by atoms with Crippen LogP contribution in [-0.4, -0.2) is 20.6 Å². The normalized spacial score (nSPS) is 15.7. The molecule has 7 heteroatoms. The summed E-state index contributed by atoms with van der Waals surface area (Å²) in [5.41, 5.74) is 1.82. The zero-order valence-electron chi connectivity index (χ0n) is 16.3. The van der Waals surface area contributed by atoms with E-state index in [1.807, 2.05) is 13.8 Å². The van der Waals surface area contributed by atoms with Crippen LogP contribution in [0.2, 0.25) is 0 Å². The van der Waals surface area contributed by atoms with Crippen molar-refractivity contribution in [3.8, 4) is 5.69 Å². The molecule has 3 aromatic rings. The number of nitrogens with one attached hydrogen (secondary N) is 1. The highest BCUT2D eigenvalue weighted by Crippen LogP contribution is 2.38. The van der Waals surface area contributed by atoms with Gasteiger partial charge in [-0.05, 0) is 44.9 Å². The molecule has 0 radical (unpaired) electrons. The molecule has 0 saturated heterocycles. The summed E-state index contributed by atoms with van der Waals surface area (Å²) >= 11 is 0. The summed E-state index contributed by atoms with van der Waals surface area (Å²) in [6.07, 6.45) is 3.51. The number of hydrogen-bond acceptors (Lipinski definition) is 4. The van der Waals surface area contributed by atoms with E-state index in [1.54, 1.807) is 35.8 Å². The van der Waals surface area contributed by atoms with Crippen molar-refractivity contribution in [1.82, 2.24) is 20.0 Å². The number of benzene rings is 1. The van der Waals surface area contributed by atoms with E-state index in [0.29, 0.717) is 28.7 Å². The SMILES string of the molecule is Cc1nc(C2(NC(=O)c3cc(C)n(-c4ccccc4F)c3C)CCCC2)no1. The average molecular weight is 382 g/mol. The van der Waals surface area contributed by atoms with Crippen LogP contribution in [0.15, 0.2) is 34.9 Å². The lowest BCUT2D eigenvalue weighted by Crippen LogP contribution is -2.44. The fourth-order valence-electron chi connectivity index (χ4n) is 4.16. The Morgan fingerprint density at radius 1 is 1.21 bits per heavy atom. The molecular formula is C21H23FN4O2. The third kappa shape index (κ3) is 3.00. The van der Waals surface area contributed by atoms with Gasteiger partial charge in [0.15, 0.2) is 5.82 Å². The Morgan fingerprint density at radius 3 is 2.57 bits per heavy atom.